The summed E-state index contributed by atoms with van der Waals surface area (Å²) < 4.78 is 40.1. The molecule has 0 amide bonds. The molecule has 1 aliphatic carbocycles. The van der Waals surface area contributed by atoms with Crippen LogP contribution in [0.25, 0.3) is 27.8 Å². The molecule has 0 bridgehead atoms. The fourth-order valence-corrected chi connectivity index (χ4v) is 3.99. The Labute approximate surface area is 188 Å². The zero-order chi connectivity index (χ0) is 23.1. The van der Waals surface area contributed by atoms with Gasteiger partial charge in [-0.05, 0) is 36.5 Å². The van der Waals surface area contributed by atoms with E-state index in [9.17, 15) is 13.6 Å². The second-order valence-corrected chi connectivity index (χ2v) is 8.19. The number of halogens is 2. The number of carbonyl (C=O) groups excluding carboxylic acids is 1. The van der Waals surface area contributed by atoms with Crippen LogP contribution in [-0.2, 0) is 7.05 Å². The minimum Gasteiger partial charge on any atom is -0.496 e. The first-order chi connectivity index (χ1) is 15.9. The smallest absolute Gasteiger partial charge is 0.387 e. The number of alkyl halides is 2. The highest BCUT2D eigenvalue weighted by molar-refractivity contribution is 6.02. The third kappa shape index (κ3) is 4.18. The number of benzene rings is 2. The molecule has 0 N–H and O–H groups in total. The first kappa shape index (κ1) is 21.1. The lowest BCUT2D eigenvalue weighted by Gasteiger charge is -2.16. The molecule has 1 aliphatic rings. The Morgan fingerprint density at radius 2 is 1.97 bits per heavy atom. The summed E-state index contributed by atoms with van der Waals surface area (Å²) in [5.74, 6) is 0.0440. The van der Waals surface area contributed by atoms with E-state index < -0.39 is 6.61 Å². The van der Waals surface area contributed by atoms with Gasteiger partial charge in [0.25, 0.3) is 0 Å². The van der Waals surface area contributed by atoms with Crippen molar-refractivity contribution in [2.75, 3.05) is 7.11 Å². The molecular weight excluding hydrogens is 430 g/mol. The summed E-state index contributed by atoms with van der Waals surface area (Å²) in [4.78, 5) is 17.3. The normalized spacial score (nSPS) is 13.6. The number of aromatic nitrogens is 4. The molecule has 7 nitrogen and oxygen atoms in total. The van der Waals surface area contributed by atoms with Gasteiger partial charge in [-0.1, -0.05) is 6.07 Å². The molecule has 2 heterocycles. The highest BCUT2D eigenvalue weighted by atomic mass is 19.3. The fourth-order valence-electron chi connectivity index (χ4n) is 3.99. The van der Waals surface area contributed by atoms with Gasteiger partial charge in [-0.25, -0.2) is 4.98 Å². The number of imidazole rings is 1. The van der Waals surface area contributed by atoms with Gasteiger partial charge in [0.15, 0.2) is 5.78 Å². The molecule has 4 aromatic rings. The van der Waals surface area contributed by atoms with Crippen LogP contribution in [0.2, 0.25) is 0 Å². The molecule has 1 fully saturated rings. The van der Waals surface area contributed by atoms with Crippen molar-refractivity contribution in [1.29, 1.82) is 0 Å². The van der Waals surface area contributed by atoms with Crippen molar-refractivity contribution < 1.29 is 23.0 Å². The van der Waals surface area contributed by atoms with Crippen molar-refractivity contribution in [3.63, 3.8) is 0 Å². The van der Waals surface area contributed by atoms with Crippen molar-refractivity contribution in [3.05, 3.63) is 54.6 Å². The lowest BCUT2D eigenvalue weighted by molar-refractivity contribution is -0.0502. The van der Waals surface area contributed by atoms with Gasteiger partial charge in [0, 0.05) is 37.4 Å². The number of aryl methyl sites for hydroxylation is 1. The number of nitrogens with zero attached hydrogens (tertiary/aromatic N) is 4. The predicted octanol–water partition coefficient (Wildman–Crippen LogP) is 5.02. The fraction of sp³-hybridized carbons (Fsp3) is 0.292. The van der Waals surface area contributed by atoms with Crippen molar-refractivity contribution in [2.45, 2.75) is 25.9 Å². The van der Waals surface area contributed by atoms with Crippen LogP contribution in [0.5, 0.6) is 11.5 Å². The van der Waals surface area contributed by atoms with Gasteiger partial charge < -0.3 is 9.47 Å². The Bertz CT molecular complexity index is 1340. The number of methoxy groups -OCH3 is 1. The summed E-state index contributed by atoms with van der Waals surface area (Å²) in [7, 11) is 3.26. The van der Waals surface area contributed by atoms with Crippen LogP contribution in [-0.4, -0.2) is 38.8 Å². The van der Waals surface area contributed by atoms with Crippen molar-refractivity contribution >= 4 is 16.8 Å². The van der Waals surface area contributed by atoms with E-state index in [0.29, 0.717) is 18.0 Å². The number of ketones is 1. The van der Waals surface area contributed by atoms with Crippen molar-refractivity contribution in [3.8, 4) is 28.3 Å². The SMILES string of the molecule is COc1cc(-n2cnc3cc(-c4cnn(C)c4)ccc32)cc(OC(F)F)c1C(=O)CC1CC1. The van der Waals surface area contributed by atoms with Gasteiger partial charge in [-0.15, -0.1) is 0 Å². The van der Waals surface area contributed by atoms with E-state index >= 15 is 0 Å². The molecule has 9 heteroatoms. The standard InChI is InChI=1S/C24H22F2N4O3/c1-29-12-16(11-28-29)15-5-6-19-18(8-15)27-13-30(19)17-9-21(32-2)23(20(31)7-14-3-4-14)22(10-17)33-24(25)26/h5-6,8-14,24H,3-4,7H2,1-2H3. The number of hydrogen-bond donors (Lipinski definition) is 0. The maximum absolute atomic E-state index is 13.2. The van der Waals surface area contributed by atoms with Crippen LogP contribution in [0.1, 0.15) is 29.6 Å². The third-order valence-corrected chi connectivity index (χ3v) is 5.80. The summed E-state index contributed by atoms with van der Waals surface area (Å²) in [5.41, 5.74) is 3.96. The average Bonchev–Trinajstić information content (AvgIpc) is 3.32. The number of hydrogen-bond acceptors (Lipinski definition) is 5. The van der Waals surface area contributed by atoms with E-state index in [0.717, 1.165) is 35.0 Å². The molecule has 0 unspecified atom stereocenters. The van der Waals surface area contributed by atoms with E-state index in [4.69, 9.17) is 9.47 Å². The zero-order valence-electron chi connectivity index (χ0n) is 18.2. The summed E-state index contributed by atoms with van der Waals surface area (Å²) in [6.07, 6.45) is 7.52. The second kappa shape index (κ2) is 8.31. The molecular formula is C24H22F2N4O3. The van der Waals surface area contributed by atoms with E-state index in [1.54, 1.807) is 27.8 Å². The average molecular weight is 452 g/mol. The maximum atomic E-state index is 13.2. The highest BCUT2D eigenvalue weighted by Gasteiger charge is 2.29. The molecule has 2 aromatic carbocycles. The molecule has 0 aliphatic heterocycles. The number of Topliss-reactive ketones (excluding diaryl/α,β-unsaturated/α-hetero) is 1. The summed E-state index contributed by atoms with van der Waals surface area (Å²) in [5, 5.41) is 4.20. The zero-order valence-corrected chi connectivity index (χ0v) is 18.2. The van der Waals surface area contributed by atoms with Crippen molar-refractivity contribution in [2.24, 2.45) is 13.0 Å². The second-order valence-electron chi connectivity index (χ2n) is 8.19. The monoisotopic (exact) mass is 452 g/mol. The molecule has 2 aromatic heterocycles. The summed E-state index contributed by atoms with van der Waals surface area (Å²) >= 11 is 0. The lowest BCUT2D eigenvalue weighted by Crippen LogP contribution is -2.11. The van der Waals surface area contributed by atoms with Gasteiger partial charge in [-0.2, -0.15) is 13.9 Å². The van der Waals surface area contributed by atoms with E-state index in [-0.39, 0.29) is 22.8 Å². The first-order valence-electron chi connectivity index (χ1n) is 10.6. The molecule has 0 radical (unpaired) electrons. The Morgan fingerprint density at radius 1 is 1.18 bits per heavy atom. The number of ether oxygens (including phenoxy) is 2. The first-order valence-corrected chi connectivity index (χ1v) is 10.6. The van der Waals surface area contributed by atoms with Gasteiger partial charge in [-0.3, -0.25) is 14.0 Å². The number of carbonyl (C=O) groups is 1. The molecule has 0 atom stereocenters. The Balaban J connectivity index is 1.58. The lowest BCUT2D eigenvalue weighted by atomic mass is 10.0. The molecule has 33 heavy (non-hydrogen) atoms. The van der Waals surface area contributed by atoms with Crippen LogP contribution in [0.15, 0.2) is 49.1 Å². The largest absolute Gasteiger partial charge is 0.496 e. The van der Waals surface area contributed by atoms with Crippen LogP contribution in [0.3, 0.4) is 0 Å². The van der Waals surface area contributed by atoms with E-state index in [1.807, 2.05) is 31.4 Å². The van der Waals surface area contributed by atoms with Gasteiger partial charge in [0.05, 0.1) is 30.0 Å². The quantitative estimate of drug-likeness (QED) is 0.351. The molecule has 0 spiro atoms. The third-order valence-electron chi connectivity index (χ3n) is 5.80. The topological polar surface area (TPSA) is 71.2 Å². The van der Waals surface area contributed by atoms with E-state index in [1.165, 1.54) is 13.2 Å². The molecule has 170 valence electrons. The maximum Gasteiger partial charge on any atom is 0.387 e. The molecule has 0 saturated heterocycles. The molecule has 5 rings (SSSR count). The Hall–Kier alpha value is -3.75. The van der Waals surface area contributed by atoms with Gasteiger partial charge in [0.1, 0.15) is 23.4 Å². The Morgan fingerprint density at radius 3 is 2.64 bits per heavy atom. The molecule has 1 saturated carbocycles. The van der Waals surface area contributed by atoms with Crippen LogP contribution >= 0.6 is 0 Å². The van der Waals surface area contributed by atoms with Gasteiger partial charge >= 0.3 is 6.61 Å². The summed E-state index contributed by atoms with van der Waals surface area (Å²) in [6.45, 7) is -3.07. The highest BCUT2D eigenvalue weighted by Crippen LogP contribution is 2.39. The van der Waals surface area contributed by atoms with Crippen LogP contribution < -0.4 is 9.47 Å². The minimum absolute atomic E-state index is 0.0525. The number of fused-ring (bicyclic) bond motifs is 1. The number of rotatable bonds is 8. The van der Waals surface area contributed by atoms with Crippen LogP contribution in [0, 0.1) is 5.92 Å². The van der Waals surface area contributed by atoms with Crippen LogP contribution in [0.4, 0.5) is 8.78 Å². The Kier molecular flexibility index (Phi) is 5.32. The van der Waals surface area contributed by atoms with E-state index in [2.05, 4.69) is 10.1 Å². The minimum atomic E-state index is -3.07. The predicted molar refractivity (Wildman–Crippen MR) is 118 cm³/mol. The summed E-state index contributed by atoms with van der Waals surface area (Å²) in [6, 6.07) is 8.86. The van der Waals surface area contributed by atoms with Crippen molar-refractivity contribution in [1.82, 2.24) is 19.3 Å². The van der Waals surface area contributed by atoms with Gasteiger partial charge in [0.2, 0.25) is 0 Å².